The van der Waals surface area contributed by atoms with Gasteiger partial charge in [-0.2, -0.15) is 0 Å². The van der Waals surface area contributed by atoms with Gasteiger partial charge >= 0.3 is 0 Å². The second kappa shape index (κ2) is 7.81. The molecule has 0 aromatic carbocycles. The van der Waals surface area contributed by atoms with E-state index in [1.54, 1.807) is 11.0 Å². The second-order valence-electron chi connectivity index (χ2n) is 5.53. The molecule has 2 amide bonds. The highest BCUT2D eigenvalue weighted by atomic mass is 16.5. The summed E-state index contributed by atoms with van der Waals surface area (Å²) in [5, 5.41) is 6.26. The molecule has 1 aromatic rings. The minimum atomic E-state index is -0.228. The number of amides is 2. The minimum Gasteiger partial charge on any atom is -0.363 e. The van der Waals surface area contributed by atoms with E-state index in [2.05, 4.69) is 21.9 Å². The van der Waals surface area contributed by atoms with E-state index in [4.69, 9.17) is 0 Å². The molecule has 1 N–H and O–H groups in total. The summed E-state index contributed by atoms with van der Waals surface area (Å²) in [7, 11) is 0. The summed E-state index contributed by atoms with van der Waals surface area (Å²) in [5.41, 5.74) is 0. The van der Waals surface area contributed by atoms with Crippen LogP contribution in [0.4, 0.5) is 5.82 Å². The Balaban J connectivity index is 1.82. The minimum absolute atomic E-state index is 0.0916. The fraction of sp³-hybridized carbons (Fsp3) is 0.667. The smallest absolute Gasteiger partial charge is 0.245 e. The molecule has 0 radical (unpaired) electrons. The van der Waals surface area contributed by atoms with E-state index in [1.165, 1.54) is 6.26 Å². The highest BCUT2D eigenvalue weighted by Gasteiger charge is 2.33. The molecule has 2 rings (SSSR count). The molecule has 116 valence electrons. The Labute approximate surface area is 124 Å². The number of rotatable bonds is 9. The van der Waals surface area contributed by atoms with Crippen LogP contribution in [0.25, 0.3) is 0 Å². The molecule has 1 aliphatic carbocycles. The summed E-state index contributed by atoms with van der Waals surface area (Å²) in [6.07, 6.45) is 7.66. The molecule has 1 aliphatic rings. The predicted molar refractivity (Wildman–Crippen MR) is 78.6 cm³/mol. The van der Waals surface area contributed by atoms with Crippen molar-refractivity contribution in [3.8, 4) is 0 Å². The van der Waals surface area contributed by atoms with Gasteiger partial charge in [0.15, 0.2) is 5.82 Å². The summed E-state index contributed by atoms with van der Waals surface area (Å²) in [5.74, 6) is 0.399. The first-order chi connectivity index (χ1) is 10.2. The molecule has 1 aromatic heterocycles. The Morgan fingerprint density at radius 1 is 1.38 bits per heavy atom. The van der Waals surface area contributed by atoms with Crippen LogP contribution in [0.2, 0.25) is 0 Å². The van der Waals surface area contributed by atoms with Gasteiger partial charge in [-0.25, -0.2) is 0 Å². The molecule has 0 aliphatic heterocycles. The van der Waals surface area contributed by atoms with Gasteiger partial charge in [-0.1, -0.05) is 31.3 Å². The Hall–Kier alpha value is -1.85. The van der Waals surface area contributed by atoms with Crippen molar-refractivity contribution in [2.24, 2.45) is 5.92 Å². The van der Waals surface area contributed by atoms with Crippen molar-refractivity contribution in [1.29, 1.82) is 0 Å². The highest BCUT2D eigenvalue weighted by molar-refractivity contribution is 5.94. The van der Waals surface area contributed by atoms with Crippen LogP contribution in [-0.4, -0.2) is 35.0 Å². The summed E-state index contributed by atoms with van der Waals surface area (Å²) < 4.78 is 4.66. The summed E-state index contributed by atoms with van der Waals surface area (Å²) in [4.78, 5) is 25.9. The lowest BCUT2D eigenvalue weighted by molar-refractivity contribution is -0.135. The van der Waals surface area contributed by atoms with Crippen molar-refractivity contribution in [3.05, 3.63) is 12.3 Å². The summed E-state index contributed by atoms with van der Waals surface area (Å²) in [6.45, 7) is 2.90. The van der Waals surface area contributed by atoms with Gasteiger partial charge in [0.2, 0.25) is 11.8 Å². The van der Waals surface area contributed by atoms with Gasteiger partial charge < -0.3 is 14.7 Å². The number of nitrogens with zero attached hydrogens (tertiary/aromatic N) is 2. The third-order valence-corrected chi connectivity index (χ3v) is 3.56. The maximum absolute atomic E-state index is 12.2. The Kier molecular flexibility index (Phi) is 5.78. The lowest BCUT2D eigenvalue weighted by atomic mass is 10.2. The molecule has 1 saturated carbocycles. The second-order valence-corrected chi connectivity index (χ2v) is 5.53. The topological polar surface area (TPSA) is 75.4 Å². The van der Waals surface area contributed by atoms with E-state index in [0.717, 1.165) is 38.5 Å². The Bertz CT molecular complexity index is 455. The van der Waals surface area contributed by atoms with Gasteiger partial charge in [-0.05, 0) is 19.3 Å². The summed E-state index contributed by atoms with van der Waals surface area (Å²) in [6, 6.07) is 1.58. The largest absolute Gasteiger partial charge is 0.363 e. The predicted octanol–water partition coefficient (Wildman–Crippen LogP) is 2.43. The lowest BCUT2D eigenvalue weighted by Gasteiger charge is -2.22. The number of unbranched alkanes of at least 4 members (excludes halogenated alkanes) is 3. The first kappa shape index (κ1) is 15.5. The standard InChI is InChI=1S/C15H23N3O3/c1-2-3-4-5-9-18(15(20)12-6-7-12)11-14(19)16-13-8-10-21-17-13/h8,10,12H,2-7,9,11H2,1H3,(H,16,17,19). The molecule has 6 heteroatoms. The van der Waals surface area contributed by atoms with Gasteiger partial charge in [0.05, 0.1) is 6.54 Å². The zero-order chi connectivity index (χ0) is 15.1. The van der Waals surface area contributed by atoms with E-state index in [-0.39, 0.29) is 24.3 Å². The number of hydrogen-bond donors (Lipinski definition) is 1. The molecule has 1 heterocycles. The fourth-order valence-electron chi connectivity index (χ4n) is 2.22. The zero-order valence-electron chi connectivity index (χ0n) is 12.5. The van der Waals surface area contributed by atoms with E-state index >= 15 is 0 Å². The summed E-state index contributed by atoms with van der Waals surface area (Å²) >= 11 is 0. The van der Waals surface area contributed by atoms with Crippen molar-refractivity contribution in [2.75, 3.05) is 18.4 Å². The number of carbonyl (C=O) groups excluding carboxylic acids is 2. The first-order valence-electron chi connectivity index (χ1n) is 7.69. The Morgan fingerprint density at radius 3 is 2.81 bits per heavy atom. The van der Waals surface area contributed by atoms with E-state index < -0.39 is 0 Å². The molecule has 6 nitrogen and oxygen atoms in total. The zero-order valence-corrected chi connectivity index (χ0v) is 12.5. The maximum Gasteiger partial charge on any atom is 0.245 e. The SMILES string of the molecule is CCCCCCN(CC(=O)Nc1ccon1)C(=O)C1CC1. The van der Waals surface area contributed by atoms with Gasteiger partial charge in [0.1, 0.15) is 6.26 Å². The Morgan fingerprint density at radius 2 is 2.19 bits per heavy atom. The number of aromatic nitrogens is 1. The monoisotopic (exact) mass is 293 g/mol. The third kappa shape index (κ3) is 5.21. The molecule has 1 fully saturated rings. The molecule has 0 atom stereocenters. The molecule has 0 unspecified atom stereocenters. The van der Waals surface area contributed by atoms with Gasteiger partial charge in [-0.3, -0.25) is 9.59 Å². The molecular formula is C15H23N3O3. The third-order valence-electron chi connectivity index (χ3n) is 3.56. The van der Waals surface area contributed by atoms with Gasteiger partial charge in [0, 0.05) is 18.5 Å². The quantitative estimate of drug-likeness (QED) is 0.709. The number of nitrogens with one attached hydrogen (secondary N) is 1. The first-order valence-corrected chi connectivity index (χ1v) is 7.69. The molecule has 0 spiro atoms. The normalized spacial score (nSPS) is 14.0. The van der Waals surface area contributed by atoms with Crippen LogP contribution >= 0.6 is 0 Å². The molecule has 0 bridgehead atoms. The van der Waals surface area contributed by atoms with E-state index in [9.17, 15) is 9.59 Å². The van der Waals surface area contributed by atoms with Gasteiger partial charge in [-0.15, -0.1) is 0 Å². The van der Waals surface area contributed by atoms with Crippen molar-refractivity contribution in [1.82, 2.24) is 10.1 Å². The molecular weight excluding hydrogens is 270 g/mol. The average molecular weight is 293 g/mol. The van der Waals surface area contributed by atoms with Crippen molar-refractivity contribution < 1.29 is 14.1 Å². The lowest BCUT2D eigenvalue weighted by Crippen LogP contribution is -2.39. The number of carbonyl (C=O) groups is 2. The average Bonchev–Trinajstić information content (AvgIpc) is 3.20. The van der Waals surface area contributed by atoms with Crippen LogP contribution in [0.15, 0.2) is 16.9 Å². The van der Waals surface area contributed by atoms with Crippen LogP contribution < -0.4 is 5.32 Å². The van der Waals surface area contributed by atoms with Crippen LogP contribution in [-0.2, 0) is 9.59 Å². The fourth-order valence-corrected chi connectivity index (χ4v) is 2.22. The molecule has 0 saturated heterocycles. The maximum atomic E-state index is 12.2. The number of anilines is 1. The van der Waals surface area contributed by atoms with E-state index in [1.807, 2.05) is 0 Å². The van der Waals surface area contributed by atoms with Crippen molar-refractivity contribution in [3.63, 3.8) is 0 Å². The van der Waals surface area contributed by atoms with E-state index in [0.29, 0.717) is 12.4 Å². The van der Waals surface area contributed by atoms with Gasteiger partial charge in [0.25, 0.3) is 0 Å². The van der Waals surface area contributed by atoms with Crippen molar-refractivity contribution in [2.45, 2.75) is 45.4 Å². The van der Waals surface area contributed by atoms with Crippen LogP contribution in [0.3, 0.4) is 0 Å². The van der Waals surface area contributed by atoms with Crippen LogP contribution in [0.5, 0.6) is 0 Å². The molecule has 21 heavy (non-hydrogen) atoms. The van der Waals surface area contributed by atoms with Crippen molar-refractivity contribution >= 4 is 17.6 Å². The van der Waals surface area contributed by atoms with Crippen LogP contribution in [0.1, 0.15) is 45.4 Å². The number of hydrogen-bond acceptors (Lipinski definition) is 4. The highest BCUT2D eigenvalue weighted by Crippen LogP contribution is 2.31. The van der Waals surface area contributed by atoms with Crippen LogP contribution in [0, 0.1) is 5.92 Å².